The van der Waals surface area contributed by atoms with E-state index in [1.165, 1.54) is 12.1 Å². The molecule has 0 radical (unpaired) electrons. The molecule has 0 bridgehead atoms. The summed E-state index contributed by atoms with van der Waals surface area (Å²) >= 11 is 0. The van der Waals surface area contributed by atoms with E-state index in [1.807, 2.05) is 0 Å². The summed E-state index contributed by atoms with van der Waals surface area (Å²) in [4.78, 5) is 0. The second-order valence-corrected chi connectivity index (χ2v) is 2.31. The zero-order valence-corrected chi connectivity index (χ0v) is 7.43. The predicted molar refractivity (Wildman–Crippen MR) is 47.2 cm³/mol. The molecular weight excluding hydrogens is 176 g/mol. The zero-order chi connectivity index (χ0) is 10.3. The maximum absolute atomic E-state index is 12.6. The van der Waals surface area contributed by atoms with Gasteiger partial charge in [-0.3, -0.25) is 0 Å². The average molecular weight is 189 g/mol. The van der Waals surface area contributed by atoms with Crippen molar-refractivity contribution in [1.82, 2.24) is 0 Å². The van der Waals surface area contributed by atoms with Gasteiger partial charge in [-0.25, -0.2) is 8.78 Å². The molecule has 0 unspecified atom stereocenters. The lowest BCUT2D eigenvalue weighted by molar-refractivity contribution is 0.399. The van der Waals surface area contributed by atoms with Gasteiger partial charge >= 0.3 is 0 Å². The number of aliphatic hydroxyl groups excluding tert-OH is 1. The van der Waals surface area contributed by atoms with Gasteiger partial charge in [0.15, 0.2) is 0 Å². The lowest BCUT2D eigenvalue weighted by atomic mass is 10.1. The van der Waals surface area contributed by atoms with Gasteiger partial charge in [0.25, 0.3) is 0 Å². The number of halogens is 2. The van der Waals surface area contributed by atoms with E-state index in [9.17, 15) is 8.78 Å². The van der Waals surface area contributed by atoms with Gasteiger partial charge in [0.1, 0.15) is 12.5 Å². The smallest absolute Gasteiger partial charge is 0.123 e. The summed E-state index contributed by atoms with van der Waals surface area (Å²) in [7, 11) is 1.00. The fourth-order valence-corrected chi connectivity index (χ4v) is 0.912. The molecule has 0 aromatic heterocycles. The molecule has 0 aliphatic carbocycles. The van der Waals surface area contributed by atoms with Crippen molar-refractivity contribution < 1.29 is 13.9 Å². The van der Waals surface area contributed by atoms with Gasteiger partial charge in [-0.05, 0) is 23.3 Å². The minimum Gasteiger partial charge on any atom is -0.400 e. The van der Waals surface area contributed by atoms with Gasteiger partial charge in [-0.2, -0.15) is 0 Å². The van der Waals surface area contributed by atoms with E-state index >= 15 is 0 Å². The Hall–Kier alpha value is -1.00. The van der Waals surface area contributed by atoms with E-state index in [-0.39, 0.29) is 6.54 Å². The van der Waals surface area contributed by atoms with Gasteiger partial charge < -0.3 is 10.8 Å². The van der Waals surface area contributed by atoms with Crippen molar-refractivity contribution in [2.75, 3.05) is 7.11 Å². The van der Waals surface area contributed by atoms with E-state index in [1.54, 1.807) is 6.07 Å². The molecule has 4 heteroatoms. The quantitative estimate of drug-likeness (QED) is 0.738. The van der Waals surface area contributed by atoms with Crippen molar-refractivity contribution in [1.29, 1.82) is 0 Å². The molecule has 0 aliphatic rings. The van der Waals surface area contributed by atoms with Crippen molar-refractivity contribution >= 4 is 0 Å². The van der Waals surface area contributed by atoms with Crippen LogP contribution >= 0.6 is 0 Å². The highest BCUT2D eigenvalue weighted by Gasteiger charge is 1.98. The number of alkyl halides is 1. The van der Waals surface area contributed by atoms with Crippen molar-refractivity contribution in [3.63, 3.8) is 0 Å². The summed E-state index contributed by atoms with van der Waals surface area (Å²) in [6.45, 7) is -0.407. The van der Waals surface area contributed by atoms with Gasteiger partial charge in [-0.1, -0.05) is 6.07 Å². The molecule has 1 rings (SSSR count). The van der Waals surface area contributed by atoms with Gasteiger partial charge in [0, 0.05) is 13.7 Å². The van der Waals surface area contributed by atoms with E-state index < -0.39 is 12.5 Å². The van der Waals surface area contributed by atoms with Crippen LogP contribution in [0.4, 0.5) is 8.78 Å². The van der Waals surface area contributed by atoms with Crippen LogP contribution in [0.2, 0.25) is 0 Å². The molecule has 0 saturated heterocycles. The van der Waals surface area contributed by atoms with E-state index in [4.69, 9.17) is 10.8 Å². The number of aliphatic hydroxyl groups is 1. The Bertz CT molecular complexity index is 231. The minimum absolute atomic E-state index is 0.241. The number of benzene rings is 1. The summed E-state index contributed by atoms with van der Waals surface area (Å²) in [5, 5.41) is 7.00. The fourth-order valence-electron chi connectivity index (χ4n) is 0.912. The van der Waals surface area contributed by atoms with Crippen molar-refractivity contribution in [3.05, 3.63) is 35.1 Å². The maximum atomic E-state index is 12.6. The first-order valence-electron chi connectivity index (χ1n) is 3.75. The maximum Gasteiger partial charge on any atom is 0.123 e. The van der Waals surface area contributed by atoms with E-state index in [2.05, 4.69) is 0 Å². The van der Waals surface area contributed by atoms with Crippen LogP contribution in [0.15, 0.2) is 18.2 Å². The Morgan fingerprint density at radius 2 is 1.77 bits per heavy atom. The number of hydrogen-bond acceptors (Lipinski definition) is 2. The van der Waals surface area contributed by atoms with Crippen molar-refractivity contribution in [2.45, 2.75) is 13.2 Å². The second-order valence-electron chi connectivity index (χ2n) is 2.31. The molecule has 1 aromatic rings. The van der Waals surface area contributed by atoms with Crippen LogP contribution in [-0.4, -0.2) is 12.2 Å². The molecule has 1 aromatic carbocycles. The summed E-state index contributed by atoms with van der Waals surface area (Å²) in [6, 6.07) is 4.03. The lowest BCUT2D eigenvalue weighted by Gasteiger charge is -1.99. The molecule has 0 atom stereocenters. The normalized spacial score (nSPS) is 9.00. The number of nitrogens with two attached hydrogens (primary N) is 1. The lowest BCUT2D eigenvalue weighted by Crippen LogP contribution is -1.97. The molecule has 0 amide bonds. The Labute approximate surface area is 76.0 Å². The summed E-state index contributed by atoms with van der Waals surface area (Å²) < 4.78 is 24.6. The molecule has 3 N–H and O–H groups in total. The van der Waals surface area contributed by atoms with Gasteiger partial charge in [0.2, 0.25) is 0 Å². The Balaban J connectivity index is 0.000000671. The molecule has 0 fully saturated rings. The second kappa shape index (κ2) is 6.51. The third-order valence-corrected chi connectivity index (χ3v) is 1.41. The van der Waals surface area contributed by atoms with Crippen molar-refractivity contribution in [3.8, 4) is 0 Å². The Morgan fingerprint density at radius 1 is 1.23 bits per heavy atom. The largest absolute Gasteiger partial charge is 0.400 e. The molecule has 0 saturated carbocycles. The van der Waals surface area contributed by atoms with Crippen LogP contribution in [0, 0.1) is 5.82 Å². The van der Waals surface area contributed by atoms with Crippen LogP contribution in [0.1, 0.15) is 11.1 Å². The summed E-state index contributed by atoms with van der Waals surface area (Å²) in [6.07, 6.45) is 0. The van der Waals surface area contributed by atoms with Crippen LogP contribution in [-0.2, 0) is 13.2 Å². The topological polar surface area (TPSA) is 46.2 Å². The Kier molecular flexibility index (Phi) is 6.01. The zero-order valence-electron chi connectivity index (χ0n) is 7.43. The van der Waals surface area contributed by atoms with Gasteiger partial charge in [0.05, 0.1) is 0 Å². The number of hydrogen-bond donors (Lipinski definition) is 2. The van der Waals surface area contributed by atoms with Crippen LogP contribution < -0.4 is 5.73 Å². The fraction of sp³-hybridized carbons (Fsp3) is 0.333. The molecule has 2 nitrogen and oxygen atoms in total. The SMILES string of the molecule is CO.NCc1cc(F)cc(CF)c1. The monoisotopic (exact) mass is 189 g/mol. The first kappa shape index (κ1) is 12.0. The number of rotatable bonds is 2. The van der Waals surface area contributed by atoms with Crippen molar-refractivity contribution in [2.24, 2.45) is 5.73 Å². The highest BCUT2D eigenvalue weighted by molar-refractivity contribution is 5.23. The summed E-state index contributed by atoms with van der Waals surface area (Å²) in [5.41, 5.74) is 6.21. The van der Waals surface area contributed by atoms with E-state index in [0.29, 0.717) is 11.1 Å². The standard InChI is InChI=1S/C8H9F2N.CH4O/c9-4-6-1-7(5-11)3-8(10)2-6;1-2/h1-3H,4-5,11H2;2H,1H3. The first-order chi connectivity index (χ1) is 6.26. The summed E-state index contributed by atoms with van der Waals surface area (Å²) in [5.74, 6) is -0.430. The molecule has 0 aliphatic heterocycles. The molecule has 13 heavy (non-hydrogen) atoms. The molecule has 0 heterocycles. The average Bonchev–Trinajstić information content (AvgIpc) is 2.20. The van der Waals surface area contributed by atoms with Crippen LogP contribution in [0.5, 0.6) is 0 Å². The first-order valence-corrected chi connectivity index (χ1v) is 3.75. The minimum atomic E-state index is -0.648. The van der Waals surface area contributed by atoms with Gasteiger partial charge in [-0.15, -0.1) is 0 Å². The van der Waals surface area contributed by atoms with E-state index in [0.717, 1.165) is 7.11 Å². The van der Waals surface area contributed by atoms with Crippen LogP contribution in [0.3, 0.4) is 0 Å². The van der Waals surface area contributed by atoms with Crippen LogP contribution in [0.25, 0.3) is 0 Å². The predicted octanol–water partition coefficient (Wildman–Crippen LogP) is 1.36. The molecule has 74 valence electrons. The third kappa shape index (κ3) is 3.96. The highest BCUT2D eigenvalue weighted by Crippen LogP contribution is 2.09. The molecule has 0 spiro atoms. The molecular formula is C9H13F2NO. The third-order valence-electron chi connectivity index (χ3n) is 1.41. The highest BCUT2D eigenvalue weighted by atomic mass is 19.1. The Morgan fingerprint density at radius 3 is 2.23 bits per heavy atom.